The first-order chi connectivity index (χ1) is 9.70. The molecule has 1 unspecified atom stereocenters. The first kappa shape index (κ1) is 15.3. The highest BCUT2D eigenvalue weighted by molar-refractivity contribution is 5.48. The molecule has 0 aromatic heterocycles. The lowest BCUT2D eigenvalue weighted by Gasteiger charge is -2.31. The van der Waals surface area contributed by atoms with E-state index in [0.29, 0.717) is 6.04 Å². The summed E-state index contributed by atoms with van der Waals surface area (Å²) in [6.07, 6.45) is 4.85. The maximum absolute atomic E-state index is 9.60. The fourth-order valence-corrected chi connectivity index (χ4v) is 2.83. The van der Waals surface area contributed by atoms with E-state index in [4.69, 9.17) is 0 Å². The summed E-state index contributed by atoms with van der Waals surface area (Å²) in [5.41, 5.74) is 2.57. The van der Waals surface area contributed by atoms with E-state index in [0.717, 1.165) is 19.5 Å². The van der Waals surface area contributed by atoms with E-state index < -0.39 is 0 Å². The fourth-order valence-electron chi connectivity index (χ4n) is 2.83. The van der Waals surface area contributed by atoms with Crippen molar-refractivity contribution in [2.75, 3.05) is 18.1 Å². The normalized spacial score (nSPS) is 20.2. The van der Waals surface area contributed by atoms with Gasteiger partial charge in [0, 0.05) is 24.8 Å². The summed E-state index contributed by atoms with van der Waals surface area (Å²) in [4.78, 5) is 2.38. The summed E-state index contributed by atoms with van der Waals surface area (Å²) >= 11 is 0. The quantitative estimate of drug-likeness (QED) is 0.868. The van der Waals surface area contributed by atoms with Crippen LogP contribution in [0.3, 0.4) is 0 Å². The molecule has 1 atom stereocenters. The van der Waals surface area contributed by atoms with Crippen LogP contribution in [0.5, 0.6) is 0 Å². The number of benzene rings is 1. The molecule has 2 rings (SSSR count). The molecule has 0 amide bonds. The third-order valence-corrected chi connectivity index (χ3v) is 4.07. The SMILES string of the molecule is CC(C)NCc1ccc(N2CCCCCC2CO)cc1. The summed E-state index contributed by atoms with van der Waals surface area (Å²) in [5.74, 6) is 0. The van der Waals surface area contributed by atoms with Crippen LogP contribution in [0.1, 0.15) is 45.1 Å². The standard InChI is InChI=1S/C17H28N2O/c1-14(2)18-12-15-7-9-16(10-8-15)19-11-5-3-4-6-17(19)13-20/h7-10,14,17-18,20H,3-6,11-13H2,1-2H3. The maximum Gasteiger partial charge on any atom is 0.0635 e. The summed E-state index contributed by atoms with van der Waals surface area (Å²) in [6.45, 7) is 6.57. The van der Waals surface area contributed by atoms with Crippen LogP contribution < -0.4 is 10.2 Å². The fraction of sp³-hybridized carbons (Fsp3) is 0.647. The highest BCUT2D eigenvalue weighted by atomic mass is 16.3. The van der Waals surface area contributed by atoms with E-state index in [-0.39, 0.29) is 12.6 Å². The Balaban J connectivity index is 2.03. The van der Waals surface area contributed by atoms with Gasteiger partial charge in [0.05, 0.1) is 12.6 Å². The number of aliphatic hydroxyl groups excluding tert-OH is 1. The van der Waals surface area contributed by atoms with Crippen molar-refractivity contribution in [3.63, 3.8) is 0 Å². The zero-order valence-electron chi connectivity index (χ0n) is 12.8. The molecular weight excluding hydrogens is 248 g/mol. The van der Waals surface area contributed by atoms with Gasteiger partial charge in [0.2, 0.25) is 0 Å². The van der Waals surface area contributed by atoms with Gasteiger partial charge in [-0.25, -0.2) is 0 Å². The Kier molecular flexibility index (Phi) is 5.86. The zero-order chi connectivity index (χ0) is 14.4. The average Bonchev–Trinajstić information content (AvgIpc) is 2.70. The second-order valence-electron chi connectivity index (χ2n) is 6.08. The van der Waals surface area contributed by atoms with Gasteiger partial charge in [0.25, 0.3) is 0 Å². The monoisotopic (exact) mass is 276 g/mol. The van der Waals surface area contributed by atoms with Crippen LogP contribution in [0, 0.1) is 0 Å². The third kappa shape index (κ3) is 4.22. The van der Waals surface area contributed by atoms with Gasteiger partial charge in [-0.1, -0.05) is 38.8 Å². The molecule has 0 saturated carbocycles. The molecule has 1 aromatic rings. The number of nitrogens with zero attached hydrogens (tertiary/aromatic N) is 1. The predicted octanol–water partition coefficient (Wildman–Crippen LogP) is 2.93. The average molecular weight is 276 g/mol. The van der Waals surface area contributed by atoms with Gasteiger partial charge in [-0.05, 0) is 30.5 Å². The van der Waals surface area contributed by atoms with Crippen molar-refractivity contribution in [3.05, 3.63) is 29.8 Å². The largest absolute Gasteiger partial charge is 0.394 e. The van der Waals surface area contributed by atoms with Gasteiger partial charge < -0.3 is 15.3 Å². The molecule has 1 aromatic carbocycles. The minimum absolute atomic E-state index is 0.261. The second-order valence-corrected chi connectivity index (χ2v) is 6.08. The van der Waals surface area contributed by atoms with Crippen LogP contribution in [0.25, 0.3) is 0 Å². The van der Waals surface area contributed by atoms with Gasteiger partial charge in [0.1, 0.15) is 0 Å². The van der Waals surface area contributed by atoms with Gasteiger partial charge in [-0.15, -0.1) is 0 Å². The van der Waals surface area contributed by atoms with Crippen LogP contribution in [0.2, 0.25) is 0 Å². The molecule has 1 aliphatic rings. The van der Waals surface area contributed by atoms with Crippen molar-refractivity contribution in [1.82, 2.24) is 5.32 Å². The van der Waals surface area contributed by atoms with Gasteiger partial charge >= 0.3 is 0 Å². The van der Waals surface area contributed by atoms with Crippen molar-refractivity contribution in [3.8, 4) is 0 Å². The molecule has 3 heteroatoms. The van der Waals surface area contributed by atoms with Gasteiger partial charge in [0.15, 0.2) is 0 Å². The Morgan fingerprint density at radius 1 is 1.20 bits per heavy atom. The molecule has 2 N–H and O–H groups in total. The summed E-state index contributed by atoms with van der Waals surface area (Å²) in [6, 6.07) is 9.60. The van der Waals surface area contributed by atoms with Crippen LogP contribution in [0.15, 0.2) is 24.3 Å². The van der Waals surface area contributed by atoms with Crippen LogP contribution in [-0.2, 0) is 6.54 Å². The third-order valence-electron chi connectivity index (χ3n) is 4.07. The summed E-state index contributed by atoms with van der Waals surface area (Å²) in [5, 5.41) is 13.0. The Morgan fingerprint density at radius 3 is 2.60 bits per heavy atom. The van der Waals surface area contributed by atoms with Gasteiger partial charge in [-0.3, -0.25) is 0 Å². The van der Waals surface area contributed by atoms with Crippen LogP contribution in [-0.4, -0.2) is 30.3 Å². The molecule has 1 aliphatic heterocycles. The van der Waals surface area contributed by atoms with E-state index in [9.17, 15) is 5.11 Å². The lowest BCUT2D eigenvalue weighted by molar-refractivity contribution is 0.255. The molecule has 0 bridgehead atoms. The Hall–Kier alpha value is -1.06. The van der Waals surface area contributed by atoms with E-state index >= 15 is 0 Å². The second kappa shape index (κ2) is 7.65. The molecule has 0 aliphatic carbocycles. The van der Waals surface area contributed by atoms with Crippen molar-refractivity contribution in [2.24, 2.45) is 0 Å². The van der Waals surface area contributed by atoms with E-state index in [1.807, 2.05) is 0 Å². The van der Waals surface area contributed by atoms with E-state index in [1.165, 1.54) is 30.5 Å². The number of anilines is 1. The Labute approximate surface area is 123 Å². The lowest BCUT2D eigenvalue weighted by Crippen LogP contribution is -2.37. The summed E-state index contributed by atoms with van der Waals surface area (Å²) < 4.78 is 0. The molecule has 1 saturated heterocycles. The topological polar surface area (TPSA) is 35.5 Å². The Bertz CT molecular complexity index is 388. The van der Waals surface area contributed by atoms with Gasteiger partial charge in [-0.2, -0.15) is 0 Å². The van der Waals surface area contributed by atoms with E-state index in [2.05, 4.69) is 48.3 Å². The minimum Gasteiger partial charge on any atom is -0.394 e. The van der Waals surface area contributed by atoms with Crippen LogP contribution in [0.4, 0.5) is 5.69 Å². The number of aliphatic hydroxyl groups is 1. The Morgan fingerprint density at radius 2 is 1.95 bits per heavy atom. The first-order valence-corrected chi connectivity index (χ1v) is 7.90. The molecular formula is C17H28N2O. The highest BCUT2D eigenvalue weighted by Crippen LogP contribution is 2.24. The number of rotatable bonds is 5. The van der Waals surface area contributed by atoms with Crippen LogP contribution >= 0.6 is 0 Å². The molecule has 1 heterocycles. The number of hydrogen-bond acceptors (Lipinski definition) is 3. The predicted molar refractivity (Wildman–Crippen MR) is 85.1 cm³/mol. The first-order valence-electron chi connectivity index (χ1n) is 7.90. The zero-order valence-corrected chi connectivity index (χ0v) is 12.8. The molecule has 20 heavy (non-hydrogen) atoms. The highest BCUT2D eigenvalue weighted by Gasteiger charge is 2.20. The molecule has 0 spiro atoms. The minimum atomic E-state index is 0.261. The molecule has 3 nitrogen and oxygen atoms in total. The smallest absolute Gasteiger partial charge is 0.0635 e. The van der Waals surface area contributed by atoms with Crippen molar-refractivity contribution >= 4 is 5.69 Å². The van der Waals surface area contributed by atoms with Crippen molar-refractivity contribution in [1.29, 1.82) is 0 Å². The maximum atomic E-state index is 9.60. The van der Waals surface area contributed by atoms with Crippen molar-refractivity contribution in [2.45, 2.75) is 58.2 Å². The molecule has 1 fully saturated rings. The lowest BCUT2D eigenvalue weighted by atomic mass is 10.1. The number of hydrogen-bond donors (Lipinski definition) is 2. The molecule has 0 radical (unpaired) electrons. The number of nitrogens with one attached hydrogen (secondary N) is 1. The van der Waals surface area contributed by atoms with Crippen molar-refractivity contribution < 1.29 is 5.11 Å². The molecule has 112 valence electrons. The van der Waals surface area contributed by atoms with E-state index in [1.54, 1.807) is 0 Å². The summed E-state index contributed by atoms with van der Waals surface area (Å²) in [7, 11) is 0.